The molecule has 0 atom stereocenters. The Morgan fingerprint density at radius 3 is 2.69 bits per heavy atom. The van der Waals surface area contributed by atoms with E-state index in [-0.39, 0.29) is 23.9 Å². The highest BCUT2D eigenvalue weighted by molar-refractivity contribution is 6.01. The van der Waals surface area contributed by atoms with E-state index < -0.39 is 0 Å². The summed E-state index contributed by atoms with van der Waals surface area (Å²) >= 11 is 0. The van der Waals surface area contributed by atoms with Gasteiger partial charge in [0, 0.05) is 36.1 Å². The number of rotatable bonds is 5. The van der Waals surface area contributed by atoms with Crippen molar-refractivity contribution in [1.29, 1.82) is 0 Å². The highest BCUT2D eigenvalue weighted by Gasteiger charge is 2.15. The number of nitrogens with zero attached hydrogens (tertiary/aromatic N) is 1. The van der Waals surface area contributed by atoms with Crippen molar-refractivity contribution in [3.05, 3.63) is 75.7 Å². The summed E-state index contributed by atoms with van der Waals surface area (Å²) < 4.78 is 0. The maximum atomic E-state index is 12.3. The molecule has 0 fully saturated rings. The molecule has 0 spiro atoms. The summed E-state index contributed by atoms with van der Waals surface area (Å²) in [7, 11) is 1.64. The van der Waals surface area contributed by atoms with Crippen LogP contribution in [0.3, 0.4) is 0 Å². The van der Waals surface area contributed by atoms with Crippen molar-refractivity contribution in [2.45, 2.75) is 25.8 Å². The summed E-state index contributed by atoms with van der Waals surface area (Å²) in [5.41, 5.74) is 3.72. The van der Waals surface area contributed by atoms with Crippen LogP contribution >= 0.6 is 0 Å². The van der Waals surface area contributed by atoms with Gasteiger partial charge in [-0.25, -0.2) is 0 Å². The Labute approximate surface area is 151 Å². The fraction of sp³-hybridized carbons (Fsp3) is 0.250. The molecule has 2 amide bonds. The van der Waals surface area contributed by atoms with Crippen LogP contribution in [0.1, 0.15) is 33.6 Å². The molecule has 0 bridgehead atoms. The van der Waals surface area contributed by atoms with Crippen molar-refractivity contribution in [2.75, 3.05) is 11.9 Å². The predicted octanol–water partition coefficient (Wildman–Crippen LogP) is 1.94. The lowest BCUT2D eigenvalue weighted by atomic mass is 10.1. The number of fused-ring (bicyclic) bond motifs is 1. The quantitative estimate of drug-likeness (QED) is 0.808. The Balaban J connectivity index is 1.66. The van der Waals surface area contributed by atoms with Crippen LogP contribution in [0.2, 0.25) is 0 Å². The molecule has 1 aliphatic rings. The Kier molecular flexibility index (Phi) is 5.02. The lowest BCUT2D eigenvalue weighted by Gasteiger charge is -2.15. The van der Waals surface area contributed by atoms with Gasteiger partial charge in [0.15, 0.2) is 0 Å². The van der Waals surface area contributed by atoms with Crippen LogP contribution in [0.15, 0.2) is 47.8 Å². The van der Waals surface area contributed by atoms with Crippen molar-refractivity contribution >= 4 is 17.5 Å². The predicted molar refractivity (Wildman–Crippen MR) is 100 cm³/mol. The molecule has 1 aromatic heterocycles. The van der Waals surface area contributed by atoms with E-state index in [1.165, 1.54) is 11.0 Å². The van der Waals surface area contributed by atoms with Crippen LogP contribution in [0.4, 0.5) is 5.69 Å². The van der Waals surface area contributed by atoms with Crippen LogP contribution in [-0.2, 0) is 24.2 Å². The van der Waals surface area contributed by atoms with Gasteiger partial charge in [0.25, 0.3) is 11.5 Å². The first-order valence-corrected chi connectivity index (χ1v) is 8.52. The number of hydrogen-bond acceptors (Lipinski definition) is 3. The second-order valence-electron chi connectivity index (χ2n) is 6.31. The van der Waals surface area contributed by atoms with Gasteiger partial charge in [0.2, 0.25) is 5.91 Å². The van der Waals surface area contributed by atoms with Gasteiger partial charge in [-0.15, -0.1) is 0 Å². The normalized spacial score (nSPS) is 12.3. The first kappa shape index (κ1) is 17.7. The fourth-order valence-electron chi connectivity index (χ4n) is 3.07. The van der Waals surface area contributed by atoms with E-state index in [1.807, 2.05) is 6.07 Å². The summed E-state index contributed by atoms with van der Waals surface area (Å²) in [5, 5.41) is 2.77. The zero-order valence-corrected chi connectivity index (χ0v) is 14.7. The molecule has 2 N–H and O–H groups in total. The highest BCUT2D eigenvalue weighted by atomic mass is 16.2. The molecule has 6 heteroatoms. The van der Waals surface area contributed by atoms with Gasteiger partial charge in [-0.2, -0.15) is 0 Å². The zero-order valence-electron chi connectivity index (χ0n) is 14.7. The van der Waals surface area contributed by atoms with E-state index in [0.29, 0.717) is 16.8 Å². The molecular weight excluding hydrogens is 330 g/mol. The lowest BCUT2D eigenvalue weighted by molar-refractivity contribution is -0.113. The van der Waals surface area contributed by atoms with Gasteiger partial charge in [-0.1, -0.05) is 6.58 Å². The molecule has 0 saturated heterocycles. The van der Waals surface area contributed by atoms with Crippen molar-refractivity contribution in [3.63, 3.8) is 0 Å². The SMILES string of the molecule is C=CC(=O)N(C)c1ccc(C(=O)NCc2cc3c([nH]c2=O)CCC3)cc1. The number of nitrogens with one attached hydrogen (secondary N) is 2. The summed E-state index contributed by atoms with van der Waals surface area (Å²) in [6.45, 7) is 3.63. The topological polar surface area (TPSA) is 82.3 Å². The Hall–Kier alpha value is -3.15. The van der Waals surface area contributed by atoms with Gasteiger partial charge in [-0.05, 0) is 61.2 Å². The standard InChI is InChI=1S/C20H21N3O3/c1-3-18(24)23(2)16-9-7-13(8-10-16)19(25)21-12-15-11-14-5-4-6-17(14)22-20(15)26/h3,7-11H,1,4-6,12H2,2H3,(H,21,25)(H,22,26). The molecule has 26 heavy (non-hydrogen) atoms. The molecule has 0 aliphatic heterocycles. The minimum Gasteiger partial charge on any atom is -0.348 e. The van der Waals surface area contributed by atoms with Gasteiger partial charge in [0.1, 0.15) is 0 Å². The van der Waals surface area contributed by atoms with E-state index in [4.69, 9.17) is 0 Å². The largest absolute Gasteiger partial charge is 0.348 e. The third kappa shape index (κ3) is 3.59. The Morgan fingerprint density at radius 2 is 2.00 bits per heavy atom. The smallest absolute Gasteiger partial charge is 0.253 e. The minimum absolute atomic E-state index is 0.147. The van der Waals surface area contributed by atoms with Gasteiger partial charge < -0.3 is 15.2 Å². The Morgan fingerprint density at radius 1 is 1.27 bits per heavy atom. The van der Waals surface area contributed by atoms with Crippen molar-refractivity contribution in [2.24, 2.45) is 0 Å². The average Bonchev–Trinajstić information content (AvgIpc) is 3.11. The third-order valence-electron chi connectivity index (χ3n) is 4.63. The summed E-state index contributed by atoms with van der Waals surface area (Å²) in [6.07, 6.45) is 4.16. The fourth-order valence-corrected chi connectivity index (χ4v) is 3.07. The number of pyridine rings is 1. The summed E-state index contributed by atoms with van der Waals surface area (Å²) in [5.74, 6) is -0.493. The molecule has 1 aromatic carbocycles. The third-order valence-corrected chi connectivity index (χ3v) is 4.63. The van der Waals surface area contributed by atoms with E-state index in [0.717, 1.165) is 30.5 Å². The van der Waals surface area contributed by atoms with E-state index in [1.54, 1.807) is 31.3 Å². The van der Waals surface area contributed by atoms with Gasteiger partial charge in [0.05, 0.1) is 0 Å². The van der Waals surface area contributed by atoms with Crippen molar-refractivity contribution in [1.82, 2.24) is 10.3 Å². The molecule has 134 valence electrons. The second kappa shape index (κ2) is 7.39. The van der Waals surface area contributed by atoms with Crippen LogP contribution in [-0.4, -0.2) is 23.8 Å². The number of carbonyl (C=O) groups is 2. The molecule has 1 aliphatic carbocycles. The molecule has 0 unspecified atom stereocenters. The number of likely N-dealkylation sites (N-methyl/N-ethyl adjacent to an activating group) is 1. The molecular formula is C20H21N3O3. The van der Waals surface area contributed by atoms with Gasteiger partial charge >= 0.3 is 0 Å². The van der Waals surface area contributed by atoms with E-state index in [9.17, 15) is 14.4 Å². The van der Waals surface area contributed by atoms with Crippen molar-refractivity contribution < 1.29 is 9.59 Å². The Bertz CT molecular complexity index is 913. The van der Waals surface area contributed by atoms with Crippen molar-refractivity contribution in [3.8, 4) is 0 Å². The number of aromatic nitrogens is 1. The number of carbonyl (C=O) groups excluding carboxylic acids is 2. The summed E-state index contributed by atoms with van der Waals surface area (Å²) in [4.78, 5) is 40.3. The number of aryl methyl sites for hydroxylation is 2. The molecule has 6 nitrogen and oxygen atoms in total. The van der Waals surface area contributed by atoms with E-state index in [2.05, 4.69) is 16.9 Å². The number of hydrogen-bond donors (Lipinski definition) is 2. The lowest BCUT2D eigenvalue weighted by Crippen LogP contribution is -2.27. The summed E-state index contributed by atoms with van der Waals surface area (Å²) in [6, 6.07) is 8.56. The number of anilines is 1. The van der Waals surface area contributed by atoms with Crippen LogP contribution in [0.25, 0.3) is 0 Å². The maximum absolute atomic E-state index is 12.3. The first-order valence-electron chi connectivity index (χ1n) is 8.52. The maximum Gasteiger partial charge on any atom is 0.253 e. The van der Waals surface area contributed by atoms with Crippen LogP contribution < -0.4 is 15.8 Å². The molecule has 2 aromatic rings. The number of amides is 2. The second-order valence-corrected chi connectivity index (χ2v) is 6.31. The first-order chi connectivity index (χ1) is 12.5. The monoisotopic (exact) mass is 351 g/mol. The van der Waals surface area contributed by atoms with Crippen LogP contribution in [0.5, 0.6) is 0 Å². The number of benzene rings is 1. The van der Waals surface area contributed by atoms with Gasteiger partial charge in [-0.3, -0.25) is 14.4 Å². The van der Waals surface area contributed by atoms with E-state index >= 15 is 0 Å². The molecule has 0 saturated carbocycles. The molecule has 1 heterocycles. The zero-order chi connectivity index (χ0) is 18.7. The number of aromatic amines is 1. The average molecular weight is 351 g/mol. The minimum atomic E-state index is -0.269. The number of H-pyrrole nitrogens is 1. The highest BCUT2D eigenvalue weighted by Crippen LogP contribution is 2.19. The molecule has 0 radical (unpaired) electrons. The van der Waals surface area contributed by atoms with Crippen LogP contribution in [0, 0.1) is 0 Å². The molecule has 3 rings (SSSR count).